The van der Waals surface area contributed by atoms with Gasteiger partial charge in [-0.3, -0.25) is 0 Å². The van der Waals surface area contributed by atoms with Gasteiger partial charge < -0.3 is 10.1 Å². The van der Waals surface area contributed by atoms with Crippen molar-refractivity contribution in [2.24, 2.45) is 5.92 Å². The minimum absolute atomic E-state index is 0.772. The van der Waals surface area contributed by atoms with Gasteiger partial charge in [0.1, 0.15) is 0 Å². The summed E-state index contributed by atoms with van der Waals surface area (Å²) >= 11 is 2.08. The van der Waals surface area contributed by atoms with Crippen LogP contribution in [0, 0.1) is 5.92 Å². The van der Waals surface area contributed by atoms with E-state index in [1.807, 2.05) is 0 Å². The molecule has 118 valence electrons. The van der Waals surface area contributed by atoms with E-state index in [1.165, 1.54) is 42.6 Å². The highest BCUT2D eigenvalue weighted by atomic mass is 32.2. The third-order valence-corrected chi connectivity index (χ3v) is 5.66. The SMILES string of the molecule is CCC1CCCC(Sc2ccc(CNCCOC)cc2)C1. The average molecular weight is 308 g/mol. The summed E-state index contributed by atoms with van der Waals surface area (Å²) < 4.78 is 5.04. The zero-order valence-corrected chi connectivity index (χ0v) is 14.3. The summed E-state index contributed by atoms with van der Waals surface area (Å²) in [7, 11) is 1.74. The van der Waals surface area contributed by atoms with Gasteiger partial charge in [-0.1, -0.05) is 38.3 Å². The second-order valence-electron chi connectivity index (χ2n) is 5.99. The van der Waals surface area contributed by atoms with E-state index in [0.717, 1.165) is 30.9 Å². The Kier molecular flexibility index (Phi) is 7.62. The molecule has 0 bridgehead atoms. The standard InChI is InChI=1S/C18H29NOS/c1-3-15-5-4-6-18(13-15)21-17-9-7-16(8-10-17)14-19-11-12-20-2/h7-10,15,18-19H,3-6,11-14H2,1-2H3. The van der Waals surface area contributed by atoms with Crippen molar-refractivity contribution in [1.29, 1.82) is 0 Å². The van der Waals surface area contributed by atoms with Gasteiger partial charge in [-0.25, -0.2) is 0 Å². The molecule has 0 aromatic heterocycles. The van der Waals surface area contributed by atoms with Crippen LogP contribution >= 0.6 is 11.8 Å². The Morgan fingerprint density at radius 1 is 1.24 bits per heavy atom. The van der Waals surface area contributed by atoms with Crippen LogP contribution in [-0.2, 0) is 11.3 Å². The quantitative estimate of drug-likeness (QED) is 0.715. The first-order chi connectivity index (χ1) is 10.3. The molecule has 0 saturated heterocycles. The summed E-state index contributed by atoms with van der Waals surface area (Å²) in [4.78, 5) is 1.43. The maximum Gasteiger partial charge on any atom is 0.0587 e. The molecule has 1 aliphatic carbocycles. The molecule has 2 nitrogen and oxygen atoms in total. The third kappa shape index (κ3) is 6.01. The van der Waals surface area contributed by atoms with Crippen LogP contribution in [0.25, 0.3) is 0 Å². The summed E-state index contributed by atoms with van der Waals surface area (Å²) in [5, 5.41) is 4.21. The largest absolute Gasteiger partial charge is 0.383 e. The van der Waals surface area contributed by atoms with Crippen LogP contribution in [0.15, 0.2) is 29.2 Å². The Bertz CT molecular complexity index is 393. The van der Waals surface area contributed by atoms with Crippen molar-refractivity contribution in [2.75, 3.05) is 20.3 Å². The van der Waals surface area contributed by atoms with Gasteiger partial charge in [0, 0.05) is 30.3 Å². The molecule has 1 N–H and O–H groups in total. The van der Waals surface area contributed by atoms with Gasteiger partial charge in [0.2, 0.25) is 0 Å². The van der Waals surface area contributed by atoms with E-state index in [9.17, 15) is 0 Å². The van der Waals surface area contributed by atoms with E-state index in [1.54, 1.807) is 7.11 Å². The molecular formula is C18H29NOS. The Labute approximate surface area is 134 Å². The van der Waals surface area contributed by atoms with E-state index >= 15 is 0 Å². The summed E-state index contributed by atoms with van der Waals surface area (Å²) in [6.45, 7) is 4.94. The smallest absolute Gasteiger partial charge is 0.0587 e. The van der Waals surface area contributed by atoms with Crippen LogP contribution in [0.1, 0.15) is 44.6 Å². The van der Waals surface area contributed by atoms with Gasteiger partial charge in [-0.05, 0) is 36.5 Å². The summed E-state index contributed by atoms with van der Waals surface area (Å²) in [6.07, 6.45) is 7.00. The van der Waals surface area contributed by atoms with E-state index < -0.39 is 0 Å². The predicted octanol–water partition coefficient (Wildman–Crippen LogP) is 4.48. The van der Waals surface area contributed by atoms with Crippen molar-refractivity contribution in [3.63, 3.8) is 0 Å². The van der Waals surface area contributed by atoms with E-state index in [-0.39, 0.29) is 0 Å². The zero-order chi connectivity index (χ0) is 14.9. The number of ether oxygens (including phenoxy) is 1. The van der Waals surface area contributed by atoms with E-state index in [4.69, 9.17) is 4.74 Å². The maximum absolute atomic E-state index is 5.04. The molecular weight excluding hydrogens is 278 g/mol. The van der Waals surface area contributed by atoms with Crippen LogP contribution in [0.3, 0.4) is 0 Å². The fourth-order valence-corrected chi connectivity index (χ4v) is 4.34. The van der Waals surface area contributed by atoms with Gasteiger partial charge in [-0.15, -0.1) is 11.8 Å². The number of thioether (sulfide) groups is 1. The number of hydrogen-bond acceptors (Lipinski definition) is 3. The fourth-order valence-electron chi connectivity index (χ4n) is 3.00. The van der Waals surface area contributed by atoms with Crippen molar-refractivity contribution < 1.29 is 4.74 Å². The lowest BCUT2D eigenvalue weighted by Gasteiger charge is -2.28. The fraction of sp³-hybridized carbons (Fsp3) is 0.667. The van der Waals surface area contributed by atoms with E-state index in [0.29, 0.717) is 0 Å². The molecule has 2 atom stereocenters. The molecule has 1 aliphatic rings. The van der Waals surface area contributed by atoms with Gasteiger partial charge in [-0.2, -0.15) is 0 Å². The average Bonchev–Trinajstić information content (AvgIpc) is 2.53. The lowest BCUT2D eigenvalue weighted by Crippen LogP contribution is -2.18. The van der Waals surface area contributed by atoms with Crippen molar-refractivity contribution in [1.82, 2.24) is 5.32 Å². The minimum Gasteiger partial charge on any atom is -0.383 e. The monoisotopic (exact) mass is 307 g/mol. The Balaban J connectivity index is 1.76. The molecule has 3 heteroatoms. The first-order valence-corrected chi connectivity index (χ1v) is 9.15. The second-order valence-corrected chi connectivity index (χ2v) is 7.37. The summed E-state index contributed by atoms with van der Waals surface area (Å²) in [5.74, 6) is 0.959. The number of methoxy groups -OCH3 is 1. The maximum atomic E-state index is 5.04. The van der Waals surface area contributed by atoms with Crippen molar-refractivity contribution >= 4 is 11.8 Å². The Morgan fingerprint density at radius 2 is 2.05 bits per heavy atom. The molecule has 2 rings (SSSR count). The van der Waals surface area contributed by atoms with Crippen LogP contribution in [0.4, 0.5) is 0 Å². The highest BCUT2D eigenvalue weighted by Gasteiger charge is 2.21. The van der Waals surface area contributed by atoms with Gasteiger partial charge >= 0.3 is 0 Å². The molecule has 0 radical (unpaired) electrons. The zero-order valence-electron chi connectivity index (χ0n) is 13.4. The van der Waals surface area contributed by atoms with Crippen LogP contribution < -0.4 is 5.32 Å². The molecule has 2 unspecified atom stereocenters. The van der Waals surface area contributed by atoms with Gasteiger partial charge in [0.25, 0.3) is 0 Å². The number of rotatable bonds is 8. The molecule has 1 saturated carbocycles. The highest BCUT2D eigenvalue weighted by molar-refractivity contribution is 8.00. The van der Waals surface area contributed by atoms with Crippen LogP contribution in [0.2, 0.25) is 0 Å². The summed E-state index contributed by atoms with van der Waals surface area (Å²) in [6, 6.07) is 9.08. The van der Waals surface area contributed by atoms with Crippen molar-refractivity contribution in [3.8, 4) is 0 Å². The third-order valence-electron chi connectivity index (χ3n) is 4.35. The van der Waals surface area contributed by atoms with Crippen LogP contribution in [-0.4, -0.2) is 25.5 Å². The molecule has 1 aromatic rings. The first-order valence-electron chi connectivity index (χ1n) is 8.27. The lowest BCUT2D eigenvalue weighted by molar-refractivity contribution is 0.199. The lowest BCUT2D eigenvalue weighted by atomic mass is 9.87. The predicted molar refractivity (Wildman–Crippen MR) is 91.9 cm³/mol. The Hall–Kier alpha value is -0.510. The number of nitrogens with one attached hydrogen (secondary N) is 1. The van der Waals surface area contributed by atoms with E-state index in [2.05, 4.69) is 48.3 Å². The molecule has 0 amide bonds. The molecule has 1 fully saturated rings. The summed E-state index contributed by atoms with van der Waals surface area (Å²) in [5.41, 5.74) is 1.35. The molecule has 21 heavy (non-hydrogen) atoms. The van der Waals surface area contributed by atoms with Crippen LogP contribution in [0.5, 0.6) is 0 Å². The minimum atomic E-state index is 0.772. The second kappa shape index (κ2) is 9.50. The molecule has 0 aliphatic heterocycles. The Morgan fingerprint density at radius 3 is 2.76 bits per heavy atom. The molecule has 0 spiro atoms. The first kappa shape index (κ1) is 16.9. The van der Waals surface area contributed by atoms with Crippen molar-refractivity contribution in [3.05, 3.63) is 29.8 Å². The van der Waals surface area contributed by atoms with Gasteiger partial charge in [0.05, 0.1) is 6.61 Å². The number of hydrogen-bond donors (Lipinski definition) is 1. The topological polar surface area (TPSA) is 21.3 Å². The number of benzene rings is 1. The normalized spacial score (nSPS) is 22.4. The highest BCUT2D eigenvalue weighted by Crippen LogP contribution is 2.37. The molecule has 1 aromatic carbocycles. The van der Waals surface area contributed by atoms with Crippen molar-refractivity contribution in [2.45, 2.75) is 55.7 Å². The van der Waals surface area contributed by atoms with Gasteiger partial charge in [0.15, 0.2) is 0 Å². The molecule has 0 heterocycles.